The van der Waals surface area contributed by atoms with Crippen molar-refractivity contribution in [1.82, 2.24) is 0 Å². The zero-order chi connectivity index (χ0) is 10.7. The highest BCUT2D eigenvalue weighted by molar-refractivity contribution is 5.66. The Labute approximate surface area is 90.4 Å². The van der Waals surface area contributed by atoms with Gasteiger partial charge in [-0.05, 0) is 43.9 Å². The highest BCUT2D eigenvalue weighted by atomic mass is 16.6. The monoisotopic (exact) mass is 209 g/mol. The third-order valence-electron chi connectivity index (χ3n) is 4.41. The average molecular weight is 209 g/mol. The van der Waals surface area contributed by atoms with Crippen LogP contribution in [-0.2, 0) is 9.53 Å². The van der Waals surface area contributed by atoms with Crippen LogP contribution in [0, 0.1) is 11.8 Å². The minimum Gasteiger partial charge on any atom is -0.459 e. The maximum atomic E-state index is 11.2. The molecule has 15 heavy (non-hydrogen) atoms. The second-order valence-corrected chi connectivity index (χ2v) is 6.10. The molecule has 4 aliphatic carbocycles. The van der Waals surface area contributed by atoms with Crippen molar-refractivity contribution in [3.63, 3.8) is 0 Å². The molecule has 4 bridgehead atoms. The van der Waals surface area contributed by atoms with Gasteiger partial charge in [-0.15, -0.1) is 0 Å². The van der Waals surface area contributed by atoms with E-state index >= 15 is 0 Å². The fraction of sp³-hybridized carbons (Fsp3) is 0.917. The van der Waals surface area contributed by atoms with Crippen LogP contribution in [0.5, 0.6) is 0 Å². The van der Waals surface area contributed by atoms with E-state index in [0.717, 1.165) is 32.1 Å². The van der Waals surface area contributed by atoms with Crippen LogP contribution in [0.15, 0.2) is 0 Å². The van der Waals surface area contributed by atoms with Crippen molar-refractivity contribution in [3.05, 3.63) is 0 Å². The van der Waals surface area contributed by atoms with E-state index in [-0.39, 0.29) is 17.1 Å². The van der Waals surface area contributed by atoms with E-state index in [2.05, 4.69) is 0 Å². The van der Waals surface area contributed by atoms with E-state index in [1.807, 2.05) is 0 Å². The Morgan fingerprint density at radius 1 is 1.27 bits per heavy atom. The molecule has 3 heteroatoms. The van der Waals surface area contributed by atoms with Crippen molar-refractivity contribution in [3.8, 4) is 0 Å². The molecule has 0 aliphatic heterocycles. The lowest BCUT2D eigenvalue weighted by atomic mass is 9.51. The number of carbonyl (C=O) groups is 1. The summed E-state index contributed by atoms with van der Waals surface area (Å²) in [7, 11) is 0. The minimum atomic E-state index is -0.190. The van der Waals surface area contributed by atoms with Gasteiger partial charge in [-0.2, -0.15) is 0 Å². The third-order valence-corrected chi connectivity index (χ3v) is 4.41. The van der Waals surface area contributed by atoms with Crippen molar-refractivity contribution < 1.29 is 9.53 Å². The standard InChI is InChI=1S/C12H19NO2/c1-8(14)15-12-5-9-2-10(6-12)4-11(13,3-9)7-12/h9-10H,2-7,13H2,1H3/t9-,10-,11?,12?/m0/s1. The van der Waals surface area contributed by atoms with Crippen molar-refractivity contribution in [1.29, 1.82) is 0 Å². The van der Waals surface area contributed by atoms with E-state index < -0.39 is 0 Å². The number of rotatable bonds is 1. The van der Waals surface area contributed by atoms with Gasteiger partial charge in [-0.25, -0.2) is 0 Å². The van der Waals surface area contributed by atoms with E-state index in [0.29, 0.717) is 11.8 Å². The molecule has 0 saturated heterocycles. The summed E-state index contributed by atoms with van der Waals surface area (Å²) in [6.07, 6.45) is 6.61. The molecule has 3 nitrogen and oxygen atoms in total. The first-order valence-corrected chi connectivity index (χ1v) is 5.97. The van der Waals surface area contributed by atoms with Crippen molar-refractivity contribution >= 4 is 5.97 Å². The van der Waals surface area contributed by atoms with E-state index in [4.69, 9.17) is 10.5 Å². The molecule has 4 fully saturated rings. The van der Waals surface area contributed by atoms with Gasteiger partial charge in [0.25, 0.3) is 0 Å². The molecule has 2 atom stereocenters. The summed E-state index contributed by atoms with van der Waals surface area (Å²) in [6, 6.07) is 0. The highest BCUT2D eigenvalue weighted by Gasteiger charge is 2.58. The Hall–Kier alpha value is -0.570. The normalized spacial score (nSPS) is 51.9. The van der Waals surface area contributed by atoms with Gasteiger partial charge in [0.1, 0.15) is 5.60 Å². The lowest BCUT2D eigenvalue weighted by Gasteiger charge is -2.59. The molecule has 0 aromatic rings. The molecule has 0 amide bonds. The van der Waals surface area contributed by atoms with E-state index in [1.165, 1.54) is 13.3 Å². The predicted molar refractivity (Wildman–Crippen MR) is 56.1 cm³/mol. The zero-order valence-corrected chi connectivity index (χ0v) is 9.29. The Balaban J connectivity index is 1.89. The Kier molecular flexibility index (Phi) is 1.77. The molecule has 0 unspecified atom stereocenters. The molecule has 0 aromatic heterocycles. The Bertz CT molecular complexity index is 299. The van der Waals surface area contributed by atoms with Gasteiger partial charge in [0.2, 0.25) is 0 Å². The molecular weight excluding hydrogens is 190 g/mol. The number of hydrogen-bond donors (Lipinski definition) is 1. The maximum Gasteiger partial charge on any atom is 0.303 e. The van der Waals surface area contributed by atoms with Crippen LogP contribution < -0.4 is 5.73 Å². The van der Waals surface area contributed by atoms with Crippen LogP contribution in [0.3, 0.4) is 0 Å². The van der Waals surface area contributed by atoms with Crippen LogP contribution in [0.1, 0.15) is 45.4 Å². The third kappa shape index (κ3) is 1.48. The molecule has 0 radical (unpaired) electrons. The summed E-state index contributed by atoms with van der Waals surface area (Å²) in [5.41, 5.74) is 6.17. The van der Waals surface area contributed by atoms with Gasteiger partial charge < -0.3 is 10.5 Å². The topological polar surface area (TPSA) is 52.3 Å². The summed E-state index contributed by atoms with van der Waals surface area (Å²) >= 11 is 0. The van der Waals surface area contributed by atoms with Gasteiger partial charge in [-0.3, -0.25) is 4.79 Å². The molecule has 0 aromatic carbocycles. The van der Waals surface area contributed by atoms with E-state index in [9.17, 15) is 4.79 Å². The molecule has 84 valence electrons. The summed E-state index contributed by atoms with van der Waals surface area (Å²) in [5.74, 6) is 1.27. The quantitative estimate of drug-likeness (QED) is 0.667. The molecule has 4 aliphatic rings. The Morgan fingerprint density at radius 2 is 1.87 bits per heavy atom. The number of carbonyl (C=O) groups excluding carboxylic acids is 1. The lowest BCUT2D eigenvalue weighted by molar-refractivity contribution is -0.186. The van der Waals surface area contributed by atoms with Crippen molar-refractivity contribution in [2.24, 2.45) is 17.6 Å². The second kappa shape index (κ2) is 2.76. The van der Waals surface area contributed by atoms with Gasteiger partial charge >= 0.3 is 5.97 Å². The van der Waals surface area contributed by atoms with Crippen LogP contribution >= 0.6 is 0 Å². The predicted octanol–water partition coefficient (Wildman–Crippen LogP) is 1.60. The highest BCUT2D eigenvalue weighted by Crippen LogP contribution is 2.57. The first-order valence-electron chi connectivity index (χ1n) is 5.97. The van der Waals surface area contributed by atoms with Crippen LogP contribution in [0.25, 0.3) is 0 Å². The van der Waals surface area contributed by atoms with Gasteiger partial charge in [0, 0.05) is 18.9 Å². The first-order chi connectivity index (χ1) is 6.99. The molecule has 4 saturated carbocycles. The first kappa shape index (κ1) is 9.64. The van der Waals surface area contributed by atoms with Gasteiger partial charge in [0.05, 0.1) is 0 Å². The second-order valence-electron chi connectivity index (χ2n) is 6.10. The maximum absolute atomic E-state index is 11.2. The molecule has 2 N–H and O–H groups in total. The summed E-state index contributed by atoms with van der Waals surface area (Å²) < 4.78 is 5.60. The van der Waals surface area contributed by atoms with Gasteiger partial charge in [-0.1, -0.05) is 0 Å². The van der Waals surface area contributed by atoms with Crippen LogP contribution in [0.4, 0.5) is 0 Å². The lowest BCUT2D eigenvalue weighted by Crippen LogP contribution is -2.63. The molecular formula is C12H19NO2. The molecule has 4 rings (SSSR count). The Morgan fingerprint density at radius 3 is 2.33 bits per heavy atom. The van der Waals surface area contributed by atoms with Crippen molar-refractivity contribution in [2.75, 3.05) is 0 Å². The number of nitrogens with two attached hydrogens (primary N) is 1. The fourth-order valence-electron chi connectivity index (χ4n) is 4.67. The summed E-state index contributed by atoms with van der Waals surface area (Å²) in [4.78, 5) is 11.2. The largest absolute Gasteiger partial charge is 0.459 e. The SMILES string of the molecule is CC(=O)OC12C[C@H]3C[C@@H](CC(N)(C3)C1)C2. The number of esters is 1. The fourth-order valence-corrected chi connectivity index (χ4v) is 4.67. The smallest absolute Gasteiger partial charge is 0.303 e. The van der Waals surface area contributed by atoms with Crippen LogP contribution in [-0.4, -0.2) is 17.1 Å². The van der Waals surface area contributed by atoms with Crippen LogP contribution in [0.2, 0.25) is 0 Å². The van der Waals surface area contributed by atoms with Gasteiger partial charge in [0.15, 0.2) is 0 Å². The summed E-state index contributed by atoms with van der Waals surface area (Å²) in [6.45, 7) is 1.52. The number of hydrogen-bond acceptors (Lipinski definition) is 3. The average Bonchev–Trinajstić information content (AvgIpc) is 1.94. The number of ether oxygens (including phenoxy) is 1. The van der Waals surface area contributed by atoms with E-state index in [1.54, 1.807) is 0 Å². The minimum absolute atomic E-state index is 0.0282. The molecule has 0 heterocycles. The summed E-state index contributed by atoms with van der Waals surface area (Å²) in [5, 5.41) is 0. The zero-order valence-electron chi connectivity index (χ0n) is 9.29. The molecule has 0 spiro atoms. The van der Waals surface area contributed by atoms with Crippen molar-refractivity contribution in [2.45, 2.75) is 56.6 Å².